The third-order valence-corrected chi connectivity index (χ3v) is 4.15. The number of rotatable bonds is 8. The highest BCUT2D eigenvalue weighted by molar-refractivity contribution is 5.98. The SMILES string of the molecule is CC(C)CCN(CC(C)C(=O)c1ccccc1F)C1CC1. The Hall–Kier alpha value is -1.22. The summed E-state index contributed by atoms with van der Waals surface area (Å²) >= 11 is 0. The standard InChI is InChI=1S/C18H26FNO/c1-13(2)10-11-20(15-8-9-15)12-14(3)18(21)16-6-4-5-7-17(16)19/h4-7,13-15H,8-12H2,1-3H3. The molecule has 1 aliphatic carbocycles. The molecule has 1 aromatic carbocycles. The molecule has 2 rings (SSSR count). The van der Waals surface area contributed by atoms with Crippen LogP contribution in [0.2, 0.25) is 0 Å². The van der Waals surface area contributed by atoms with Crippen LogP contribution < -0.4 is 0 Å². The molecule has 1 unspecified atom stereocenters. The lowest BCUT2D eigenvalue weighted by atomic mass is 9.98. The summed E-state index contributed by atoms with van der Waals surface area (Å²) < 4.78 is 13.7. The first kappa shape index (κ1) is 16.2. The van der Waals surface area contributed by atoms with Crippen LogP contribution in [0.5, 0.6) is 0 Å². The topological polar surface area (TPSA) is 20.3 Å². The molecule has 1 atom stereocenters. The smallest absolute Gasteiger partial charge is 0.169 e. The van der Waals surface area contributed by atoms with Gasteiger partial charge in [-0.3, -0.25) is 9.69 Å². The Labute approximate surface area is 127 Å². The Kier molecular flexibility index (Phi) is 5.51. The van der Waals surface area contributed by atoms with Crippen molar-refractivity contribution in [2.75, 3.05) is 13.1 Å². The molecule has 1 fully saturated rings. The highest BCUT2D eigenvalue weighted by Crippen LogP contribution is 2.28. The molecule has 0 heterocycles. The van der Waals surface area contributed by atoms with Gasteiger partial charge < -0.3 is 0 Å². The molecule has 0 spiro atoms. The third kappa shape index (κ3) is 4.63. The summed E-state index contributed by atoms with van der Waals surface area (Å²) in [5, 5.41) is 0. The van der Waals surface area contributed by atoms with Gasteiger partial charge in [-0.1, -0.05) is 32.9 Å². The third-order valence-electron chi connectivity index (χ3n) is 4.15. The summed E-state index contributed by atoms with van der Waals surface area (Å²) in [4.78, 5) is 14.8. The van der Waals surface area contributed by atoms with E-state index in [1.165, 1.54) is 18.9 Å². The van der Waals surface area contributed by atoms with Gasteiger partial charge in [0.1, 0.15) is 5.82 Å². The predicted molar refractivity (Wildman–Crippen MR) is 83.9 cm³/mol. The summed E-state index contributed by atoms with van der Waals surface area (Å²) in [7, 11) is 0. The molecule has 0 bridgehead atoms. The van der Waals surface area contributed by atoms with Gasteiger partial charge >= 0.3 is 0 Å². The van der Waals surface area contributed by atoms with Gasteiger partial charge in [0.05, 0.1) is 5.56 Å². The lowest BCUT2D eigenvalue weighted by molar-refractivity contribution is 0.0883. The maximum absolute atomic E-state index is 13.7. The van der Waals surface area contributed by atoms with Crippen molar-refractivity contribution in [2.24, 2.45) is 11.8 Å². The van der Waals surface area contributed by atoms with Crippen LogP contribution in [0.25, 0.3) is 0 Å². The van der Waals surface area contributed by atoms with E-state index in [0.29, 0.717) is 12.0 Å². The summed E-state index contributed by atoms with van der Waals surface area (Å²) in [6, 6.07) is 6.93. The maximum atomic E-state index is 13.7. The van der Waals surface area contributed by atoms with Crippen LogP contribution in [0.4, 0.5) is 4.39 Å². The number of carbonyl (C=O) groups is 1. The van der Waals surface area contributed by atoms with Crippen LogP contribution >= 0.6 is 0 Å². The number of Topliss-reactive ketones (excluding diaryl/α,β-unsaturated/α-hetero) is 1. The van der Waals surface area contributed by atoms with E-state index in [-0.39, 0.29) is 17.3 Å². The fourth-order valence-corrected chi connectivity index (χ4v) is 2.65. The minimum absolute atomic E-state index is 0.0803. The van der Waals surface area contributed by atoms with E-state index in [0.717, 1.165) is 19.5 Å². The van der Waals surface area contributed by atoms with E-state index in [9.17, 15) is 9.18 Å². The van der Waals surface area contributed by atoms with E-state index in [1.807, 2.05) is 6.92 Å². The summed E-state index contributed by atoms with van der Waals surface area (Å²) in [6.45, 7) is 8.14. The highest BCUT2D eigenvalue weighted by Gasteiger charge is 2.31. The summed E-state index contributed by atoms with van der Waals surface area (Å²) in [5.74, 6) is 0.0243. The van der Waals surface area contributed by atoms with Crippen molar-refractivity contribution in [2.45, 2.75) is 46.1 Å². The molecule has 0 aliphatic heterocycles. The molecule has 3 heteroatoms. The zero-order chi connectivity index (χ0) is 15.4. The number of hydrogen-bond acceptors (Lipinski definition) is 2. The summed E-state index contributed by atoms with van der Waals surface area (Å²) in [5.41, 5.74) is 0.226. The Morgan fingerprint density at radius 3 is 2.52 bits per heavy atom. The fraction of sp³-hybridized carbons (Fsp3) is 0.611. The van der Waals surface area contributed by atoms with Crippen LogP contribution in [0.15, 0.2) is 24.3 Å². The molecule has 0 saturated heterocycles. The van der Waals surface area contributed by atoms with Crippen LogP contribution in [0.1, 0.15) is 50.4 Å². The second-order valence-corrected chi connectivity index (χ2v) is 6.65. The zero-order valence-corrected chi connectivity index (χ0v) is 13.3. The number of halogens is 1. The van der Waals surface area contributed by atoms with Crippen molar-refractivity contribution in [3.05, 3.63) is 35.6 Å². The minimum atomic E-state index is -0.408. The average molecular weight is 291 g/mol. The monoisotopic (exact) mass is 291 g/mol. The second kappa shape index (κ2) is 7.17. The second-order valence-electron chi connectivity index (χ2n) is 6.65. The Morgan fingerprint density at radius 1 is 1.29 bits per heavy atom. The molecular formula is C18H26FNO. The lowest BCUT2D eigenvalue weighted by Gasteiger charge is -2.26. The molecule has 0 amide bonds. The van der Waals surface area contributed by atoms with Gasteiger partial charge in [0.25, 0.3) is 0 Å². The molecule has 0 radical (unpaired) electrons. The maximum Gasteiger partial charge on any atom is 0.169 e. The van der Waals surface area contributed by atoms with Gasteiger partial charge in [0, 0.05) is 18.5 Å². The number of hydrogen-bond donors (Lipinski definition) is 0. The zero-order valence-electron chi connectivity index (χ0n) is 13.3. The van der Waals surface area contributed by atoms with Crippen molar-refractivity contribution in [1.29, 1.82) is 0 Å². The van der Waals surface area contributed by atoms with Gasteiger partial charge in [0.2, 0.25) is 0 Å². The van der Waals surface area contributed by atoms with Crippen molar-refractivity contribution >= 4 is 5.78 Å². The summed E-state index contributed by atoms with van der Waals surface area (Å²) in [6.07, 6.45) is 3.62. The van der Waals surface area contributed by atoms with Gasteiger partial charge in [-0.15, -0.1) is 0 Å². The van der Waals surface area contributed by atoms with Crippen molar-refractivity contribution in [3.8, 4) is 0 Å². The first-order chi connectivity index (χ1) is 9.99. The normalized spacial score (nSPS) is 16.5. The molecule has 0 aromatic heterocycles. The van der Waals surface area contributed by atoms with Gasteiger partial charge in [-0.2, -0.15) is 0 Å². The highest BCUT2D eigenvalue weighted by atomic mass is 19.1. The number of nitrogens with zero attached hydrogens (tertiary/aromatic N) is 1. The minimum Gasteiger partial charge on any atom is -0.300 e. The quantitative estimate of drug-likeness (QED) is 0.670. The molecule has 0 N–H and O–H groups in total. The molecule has 21 heavy (non-hydrogen) atoms. The molecule has 1 saturated carbocycles. The van der Waals surface area contributed by atoms with E-state index in [4.69, 9.17) is 0 Å². The van der Waals surface area contributed by atoms with Crippen LogP contribution in [0.3, 0.4) is 0 Å². The average Bonchev–Trinajstić information content (AvgIpc) is 3.27. The lowest BCUT2D eigenvalue weighted by Crippen LogP contribution is -2.35. The Bertz CT molecular complexity index is 482. The molecule has 1 aliphatic rings. The van der Waals surface area contributed by atoms with Gasteiger partial charge in [0.15, 0.2) is 5.78 Å². The molecule has 1 aromatic rings. The van der Waals surface area contributed by atoms with E-state index in [1.54, 1.807) is 18.2 Å². The molecular weight excluding hydrogens is 265 g/mol. The first-order valence-electron chi connectivity index (χ1n) is 8.01. The first-order valence-corrected chi connectivity index (χ1v) is 8.01. The van der Waals surface area contributed by atoms with Crippen LogP contribution in [-0.2, 0) is 0 Å². The largest absolute Gasteiger partial charge is 0.300 e. The van der Waals surface area contributed by atoms with Gasteiger partial charge in [-0.25, -0.2) is 4.39 Å². The van der Waals surface area contributed by atoms with E-state index < -0.39 is 5.82 Å². The van der Waals surface area contributed by atoms with Gasteiger partial charge in [-0.05, 0) is 43.9 Å². The van der Waals surface area contributed by atoms with Crippen molar-refractivity contribution < 1.29 is 9.18 Å². The van der Waals surface area contributed by atoms with Crippen molar-refractivity contribution in [1.82, 2.24) is 4.90 Å². The number of ketones is 1. The molecule has 116 valence electrons. The van der Waals surface area contributed by atoms with Crippen molar-refractivity contribution in [3.63, 3.8) is 0 Å². The van der Waals surface area contributed by atoms with Crippen LogP contribution in [0, 0.1) is 17.7 Å². The molecule has 2 nitrogen and oxygen atoms in total. The fourth-order valence-electron chi connectivity index (χ4n) is 2.65. The number of benzene rings is 1. The predicted octanol–water partition coefficient (Wildman–Crippen LogP) is 4.16. The van der Waals surface area contributed by atoms with Crippen LogP contribution in [-0.4, -0.2) is 29.8 Å². The Balaban J connectivity index is 1.96. The Morgan fingerprint density at radius 2 is 1.95 bits per heavy atom. The van der Waals surface area contributed by atoms with E-state index in [2.05, 4.69) is 18.7 Å². The van der Waals surface area contributed by atoms with E-state index >= 15 is 0 Å². The number of carbonyl (C=O) groups excluding carboxylic acids is 1.